The second-order valence-electron chi connectivity index (χ2n) is 4.13. The minimum Gasteiger partial charge on any atom is -0.489 e. The van der Waals surface area contributed by atoms with Gasteiger partial charge in [0.05, 0.1) is 20.8 Å². The van der Waals surface area contributed by atoms with Crippen LogP contribution in [0.25, 0.3) is 0 Å². The lowest BCUT2D eigenvalue weighted by Crippen LogP contribution is -2.26. The molecule has 1 rings (SSSR count). The second-order valence-corrected chi connectivity index (χ2v) is 8.28. The maximum Gasteiger partial charge on any atom is 0.159 e. The molecule has 0 fully saturated rings. The monoisotopic (exact) mass is 413 g/mol. The van der Waals surface area contributed by atoms with Crippen molar-refractivity contribution in [3.63, 3.8) is 0 Å². The van der Waals surface area contributed by atoms with Gasteiger partial charge in [0.1, 0.15) is 26.5 Å². The van der Waals surface area contributed by atoms with Crippen molar-refractivity contribution in [3.05, 3.63) is 25.1 Å². The first-order valence-corrected chi connectivity index (χ1v) is 9.63. The zero-order valence-electron chi connectivity index (χ0n) is 10.9. The van der Waals surface area contributed by atoms with Crippen molar-refractivity contribution in [1.29, 1.82) is 0 Å². The Morgan fingerprint density at radius 2 is 1.38 bits per heavy atom. The van der Waals surface area contributed by atoms with Crippen LogP contribution < -0.4 is 10.1 Å². The Morgan fingerprint density at radius 3 is 1.86 bits per heavy atom. The summed E-state index contributed by atoms with van der Waals surface area (Å²) in [4.78, 5) is 0. The Hall–Kier alpha value is 0.380. The largest absolute Gasteiger partial charge is 0.489 e. The molecule has 0 saturated heterocycles. The molecular weight excluding hydrogens is 403 g/mol. The second kappa shape index (κ2) is 8.29. The number of sulfone groups is 1. The van der Waals surface area contributed by atoms with Gasteiger partial charge < -0.3 is 10.1 Å². The fraction of sp³-hybridized carbons (Fsp3) is 0.455. The molecule has 120 valence electrons. The van der Waals surface area contributed by atoms with Gasteiger partial charge in [-0.2, -0.15) is 0 Å². The van der Waals surface area contributed by atoms with Crippen LogP contribution in [-0.2, 0) is 9.84 Å². The van der Waals surface area contributed by atoms with Gasteiger partial charge in [0.25, 0.3) is 0 Å². The van der Waals surface area contributed by atoms with E-state index in [9.17, 15) is 8.42 Å². The Balaban J connectivity index is 2.57. The standard InChI is InChI=1S/C11H12Cl5NO3S/c1-21(18,19)5-3-17-2-4-20-11-9(15)7(13)6(12)8(14)10(11)16/h17H,2-5H2,1H3. The molecule has 21 heavy (non-hydrogen) atoms. The first kappa shape index (κ1) is 19.4. The zero-order chi connectivity index (χ0) is 16.2. The highest BCUT2D eigenvalue weighted by atomic mass is 35.5. The van der Waals surface area contributed by atoms with Crippen LogP contribution in [0.4, 0.5) is 0 Å². The van der Waals surface area contributed by atoms with Crippen molar-refractivity contribution in [2.45, 2.75) is 0 Å². The first-order valence-electron chi connectivity index (χ1n) is 5.68. The number of hydrogen-bond donors (Lipinski definition) is 1. The van der Waals surface area contributed by atoms with E-state index in [1.54, 1.807) is 0 Å². The fourth-order valence-corrected chi connectivity index (χ4v) is 3.06. The van der Waals surface area contributed by atoms with Crippen LogP contribution in [0.2, 0.25) is 25.1 Å². The van der Waals surface area contributed by atoms with Crippen molar-refractivity contribution in [2.75, 3.05) is 31.7 Å². The van der Waals surface area contributed by atoms with E-state index in [-0.39, 0.29) is 43.2 Å². The van der Waals surface area contributed by atoms with E-state index in [2.05, 4.69) is 5.32 Å². The molecule has 0 saturated carbocycles. The van der Waals surface area contributed by atoms with Crippen molar-refractivity contribution in [3.8, 4) is 5.75 Å². The van der Waals surface area contributed by atoms with Gasteiger partial charge in [0.2, 0.25) is 0 Å². The van der Waals surface area contributed by atoms with Gasteiger partial charge in [-0.15, -0.1) is 0 Å². The molecule has 0 heterocycles. The topological polar surface area (TPSA) is 55.4 Å². The summed E-state index contributed by atoms with van der Waals surface area (Å²) in [6, 6.07) is 0. The molecule has 1 N–H and O–H groups in total. The molecule has 0 atom stereocenters. The van der Waals surface area contributed by atoms with Gasteiger partial charge in [0, 0.05) is 19.3 Å². The van der Waals surface area contributed by atoms with Crippen molar-refractivity contribution < 1.29 is 13.2 Å². The van der Waals surface area contributed by atoms with Crippen LogP contribution in [0, 0.1) is 0 Å². The van der Waals surface area contributed by atoms with Crippen molar-refractivity contribution >= 4 is 67.8 Å². The number of hydrogen-bond acceptors (Lipinski definition) is 4. The molecule has 0 radical (unpaired) electrons. The Kier molecular flexibility index (Phi) is 7.67. The lowest BCUT2D eigenvalue weighted by atomic mass is 10.3. The average Bonchev–Trinajstić information content (AvgIpc) is 2.40. The highest BCUT2D eigenvalue weighted by molar-refractivity contribution is 7.90. The van der Waals surface area contributed by atoms with Gasteiger partial charge in [-0.25, -0.2) is 8.42 Å². The Bertz CT molecular complexity index is 592. The summed E-state index contributed by atoms with van der Waals surface area (Å²) in [6.07, 6.45) is 1.17. The molecule has 0 aromatic heterocycles. The number of nitrogens with one attached hydrogen (secondary N) is 1. The Morgan fingerprint density at radius 1 is 0.905 bits per heavy atom. The van der Waals surface area contributed by atoms with Crippen LogP contribution in [0.5, 0.6) is 5.75 Å². The molecule has 0 bridgehead atoms. The number of benzene rings is 1. The van der Waals surface area contributed by atoms with Crippen LogP contribution in [0.1, 0.15) is 0 Å². The highest BCUT2D eigenvalue weighted by Crippen LogP contribution is 2.48. The maximum atomic E-state index is 10.9. The SMILES string of the molecule is CS(=O)(=O)CCNCCOc1c(Cl)c(Cl)c(Cl)c(Cl)c1Cl. The quantitative estimate of drug-likeness (QED) is 0.416. The molecule has 1 aromatic carbocycles. The molecule has 0 amide bonds. The third kappa shape index (κ3) is 5.82. The van der Waals surface area contributed by atoms with Crippen LogP contribution in [0.15, 0.2) is 0 Å². The molecular formula is C11H12Cl5NO3S. The summed E-state index contributed by atoms with van der Waals surface area (Å²) >= 11 is 29.6. The number of ether oxygens (including phenoxy) is 1. The molecule has 10 heteroatoms. The summed E-state index contributed by atoms with van der Waals surface area (Å²) in [5, 5.41) is 3.25. The zero-order valence-corrected chi connectivity index (χ0v) is 15.4. The van der Waals surface area contributed by atoms with E-state index in [1.807, 2.05) is 0 Å². The third-order valence-corrected chi connectivity index (χ3v) is 5.53. The van der Waals surface area contributed by atoms with Crippen LogP contribution in [-0.4, -0.2) is 40.1 Å². The molecule has 4 nitrogen and oxygen atoms in total. The lowest BCUT2D eigenvalue weighted by molar-refractivity contribution is 0.316. The predicted octanol–water partition coefficient (Wildman–Crippen LogP) is 3.97. The van der Waals surface area contributed by atoms with Gasteiger partial charge >= 0.3 is 0 Å². The van der Waals surface area contributed by atoms with E-state index in [4.69, 9.17) is 62.7 Å². The molecule has 0 spiro atoms. The Labute approximate surface area is 148 Å². The van der Waals surface area contributed by atoms with E-state index < -0.39 is 9.84 Å². The highest BCUT2D eigenvalue weighted by Gasteiger charge is 2.20. The summed E-state index contributed by atoms with van der Waals surface area (Å²) in [5.41, 5.74) is 0. The van der Waals surface area contributed by atoms with Gasteiger partial charge in [-0.05, 0) is 0 Å². The molecule has 0 aliphatic carbocycles. The fourth-order valence-electron chi connectivity index (χ4n) is 1.32. The first-order chi connectivity index (χ1) is 9.65. The minimum atomic E-state index is -2.99. The molecule has 0 aliphatic heterocycles. The summed E-state index contributed by atoms with van der Waals surface area (Å²) in [5.74, 6) is 0.190. The minimum absolute atomic E-state index is 0.0487. The summed E-state index contributed by atoms with van der Waals surface area (Å²) < 4.78 is 27.3. The number of rotatable bonds is 7. The third-order valence-electron chi connectivity index (χ3n) is 2.34. The van der Waals surface area contributed by atoms with E-state index in [0.717, 1.165) is 0 Å². The van der Waals surface area contributed by atoms with Gasteiger partial charge in [-0.3, -0.25) is 0 Å². The number of halogens is 5. The summed E-state index contributed by atoms with van der Waals surface area (Å²) in [6.45, 7) is 0.934. The smallest absolute Gasteiger partial charge is 0.159 e. The van der Waals surface area contributed by atoms with Crippen LogP contribution >= 0.6 is 58.0 Å². The lowest BCUT2D eigenvalue weighted by Gasteiger charge is -2.14. The van der Waals surface area contributed by atoms with Crippen molar-refractivity contribution in [1.82, 2.24) is 5.32 Å². The van der Waals surface area contributed by atoms with E-state index in [0.29, 0.717) is 13.1 Å². The molecule has 1 aromatic rings. The predicted molar refractivity (Wildman–Crippen MR) is 89.6 cm³/mol. The summed E-state index contributed by atoms with van der Waals surface area (Å²) in [7, 11) is -2.99. The molecule has 0 unspecified atom stereocenters. The van der Waals surface area contributed by atoms with Crippen molar-refractivity contribution in [2.24, 2.45) is 0 Å². The molecule has 0 aliphatic rings. The van der Waals surface area contributed by atoms with Gasteiger partial charge in [-0.1, -0.05) is 58.0 Å². The van der Waals surface area contributed by atoms with E-state index in [1.165, 1.54) is 6.26 Å². The normalized spacial score (nSPS) is 11.7. The van der Waals surface area contributed by atoms with E-state index >= 15 is 0 Å². The van der Waals surface area contributed by atoms with Crippen LogP contribution in [0.3, 0.4) is 0 Å². The maximum absolute atomic E-state index is 10.9. The van der Waals surface area contributed by atoms with Gasteiger partial charge in [0.15, 0.2) is 5.75 Å². The average molecular weight is 416 g/mol.